The number of carbonyl (C=O) groups excluding carboxylic acids is 1. The molecular weight excluding hydrogens is 342 g/mol. The lowest BCUT2D eigenvalue weighted by Gasteiger charge is -2.09. The maximum absolute atomic E-state index is 13.2. The third-order valence-corrected chi connectivity index (χ3v) is 3.88. The number of hydrogen-bond acceptors (Lipinski definition) is 2. The molecule has 1 aliphatic rings. The Hall–Kier alpha value is -1.75. The summed E-state index contributed by atoms with van der Waals surface area (Å²) in [6.07, 6.45) is 0.897. The summed E-state index contributed by atoms with van der Waals surface area (Å²) >= 11 is 3.41. The lowest BCUT2D eigenvalue weighted by atomic mass is 10.00. The summed E-state index contributed by atoms with van der Waals surface area (Å²) in [4.78, 5) is 12.2. The number of ether oxygens (including phenoxy) is 1. The van der Waals surface area contributed by atoms with Crippen molar-refractivity contribution in [1.29, 1.82) is 0 Å². The van der Waals surface area contributed by atoms with Crippen LogP contribution in [0.5, 0.6) is 5.75 Å². The average Bonchev–Trinajstić information content (AvgIpc) is 2.90. The molecule has 5 heteroatoms. The van der Waals surface area contributed by atoms with Gasteiger partial charge in [0.2, 0.25) is 0 Å². The minimum absolute atomic E-state index is 0.0901. The lowest BCUT2D eigenvalue weighted by molar-refractivity contribution is 0.0991. The van der Waals surface area contributed by atoms with E-state index in [9.17, 15) is 13.6 Å². The molecule has 0 fully saturated rings. The summed E-state index contributed by atoms with van der Waals surface area (Å²) < 4.78 is 32.5. The molecule has 0 unspecified atom stereocenters. The largest absolute Gasteiger partial charge is 0.493 e. The van der Waals surface area contributed by atoms with Crippen molar-refractivity contribution in [3.63, 3.8) is 0 Å². The molecule has 2 nitrogen and oxygen atoms in total. The van der Waals surface area contributed by atoms with E-state index in [1.807, 2.05) is 12.1 Å². The van der Waals surface area contributed by atoms with Gasteiger partial charge in [0.15, 0.2) is 17.4 Å². The zero-order valence-corrected chi connectivity index (χ0v) is 12.5. The Morgan fingerprint density at radius 3 is 2.76 bits per heavy atom. The molecule has 0 N–H and O–H groups in total. The second-order valence-electron chi connectivity index (χ2n) is 4.88. The molecule has 0 spiro atoms. The summed E-state index contributed by atoms with van der Waals surface area (Å²) in [6.45, 7) is 0.595. The Labute approximate surface area is 128 Å². The predicted octanol–water partition coefficient (Wildman–Crippen LogP) is 4.09. The maximum Gasteiger partial charge on any atom is 0.167 e. The van der Waals surface area contributed by atoms with Crippen molar-refractivity contribution in [2.24, 2.45) is 0 Å². The van der Waals surface area contributed by atoms with Crippen LogP contribution in [0.1, 0.15) is 21.5 Å². The lowest BCUT2D eigenvalue weighted by Crippen LogP contribution is -2.06. The van der Waals surface area contributed by atoms with Gasteiger partial charge in [-0.1, -0.05) is 15.9 Å². The Morgan fingerprint density at radius 2 is 2.00 bits per heavy atom. The first kappa shape index (κ1) is 14.2. The Balaban J connectivity index is 1.90. The SMILES string of the molecule is O=C(Cc1cc(Br)cc2c1OCC2)c1ccc(F)c(F)c1. The molecule has 21 heavy (non-hydrogen) atoms. The Bertz CT molecular complexity index is 728. The highest BCUT2D eigenvalue weighted by molar-refractivity contribution is 9.10. The van der Waals surface area contributed by atoms with Crippen molar-refractivity contribution in [1.82, 2.24) is 0 Å². The number of carbonyl (C=O) groups is 1. The fraction of sp³-hybridized carbons (Fsp3) is 0.188. The highest BCUT2D eigenvalue weighted by Gasteiger charge is 2.20. The van der Waals surface area contributed by atoms with Gasteiger partial charge in [-0.15, -0.1) is 0 Å². The van der Waals surface area contributed by atoms with Crippen LogP contribution in [0, 0.1) is 11.6 Å². The first-order valence-electron chi connectivity index (χ1n) is 6.47. The smallest absolute Gasteiger partial charge is 0.167 e. The topological polar surface area (TPSA) is 26.3 Å². The van der Waals surface area contributed by atoms with Crippen LogP contribution >= 0.6 is 15.9 Å². The van der Waals surface area contributed by atoms with Crippen molar-refractivity contribution >= 4 is 21.7 Å². The quantitative estimate of drug-likeness (QED) is 0.777. The second kappa shape index (κ2) is 5.56. The second-order valence-corrected chi connectivity index (χ2v) is 5.80. The third kappa shape index (κ3) is 2.83. The van der Waals surface area contributed by atoms with Crippen LogP contribution in [0.4, 0.5) is 8.78 Å². The van der Waals surface area contributed by atoms with Gasteiger partial charge in [0.25, 0.3) is 0 Å². The monoisotopic (exact) mass is 352 g/mol. The van der Waals surface area contributed by atoms with E-state index in [1.54, 1.807) is 0 Å². The molecule has 1 aliphatic heterocycles. The van der Waals surface area contributed by atoms with Gasteiger partial charge in [0.05, 0.1) is 6.61 Å². The van der Waals surface area contributed by atoms with Gasteiger partial charge in [-0.2, -0.15) is 0 Å². The molecule has 0 aliphatic carbocycles. The predicted molar refractivity (Wildman–Crippen MR) is 77.7 cm³/mol. The number of benzene rings is 2. The van der Waals surface area contributed by atoms with E-state index in [0.717, 1.165) is 39.9 Å². The Morgan fingerprint density at radius 1 is 1.19 bits per heavy atom. The molecule has 3 rings (SSSR count). The van der Waals surface area contributed by atoms with Gasteiger partial charge < -0.3 is 4.74 Å². The van der Waals surface area contributed by atoms with Crippen LogP contribution in [-0.2, 0) is 12.8 Å². The highest BCUT2D eigenvalue weighted by atomic mass is 79.9. The number of ketones is 1. The van der Waals surface area contributed by atoms with E-state index < -0.39 is 11.6 Å². The maximum atomic E-state index is 13.2. The Kier molecular flexibility index (Phi) is 3.76. The number of halogens is 3. The van der Waals surface area contributed by atoms with E-state index in [1.165, 1.54) is 6.07 Å². The van der Waals surface area contributed by atoms with Gasteiger partial charge in [-0.25, -0.2) is 8.78 Å². The molecule has 0 aromatic heterocycles. The van der Waals surface area contributed by atoms with Crippen LogP contribution in [0.3, 0.4) is 0 Å². The number of Topliss-reactive ketones (excluding diaryl/α,β-unsaturated/α-hetero) is 1. The number of rotatable bonds is 3. The average molecular weight is 353 g/mol. The summed E-state index contributed by atoms with van der Waals surface area (Å²) in [7, 11) is 0. The number of fused-ring (bicyclic) bond motifs is 1. The first-order valence-corrected chi connectivity index (χ1v) is 7.26. The van der Waals surface area contributed by atoms with Crippen molar-refractivity contribution in [3.8, 4) is 5.75 Å². The molecule has 2 aromatic rings. The summed E-state index contributed by atoms with van der Waals surface area (Å²) in [5.74, 6) is -1.52. The summed E-state index contributed by atoms with van der Waals surface area (Å²) in [6, 6.07) is 6.97. The van der Waals surface area contributed by atoms with Gasteiger partial charge in [0, 0.05) is 28.4 Å². The fourth-order valence-electron chi connectivity index (χ4n) is 2.42. The van der Waals surface area contributed by atoms with E-state index in [-0.39, 0.29) is 17.8 Å². The van der Waals surface area contributed by atoms with Crippen LogP contribution in [-0.4, -0.2) is 12.4 Å². The van der Waals surface area contributed by atoms with Crippen LogP contribution < -0.4 is 4.74 Å². The normalized spacial score (nSPS) is 12.9. The minimum Gasteiger partial charge on any atom is -0.493 e. The zero-order chi connectivity index (χ0) is 15.0. The molecule has 0 radical (unpaired) electrons. The van der Waals surface area contributed by atoms with Gasteiger partial charge in [-0.3, -0.25) is 4.79 Å². The number of hydrogen-bond donors (Lipinski definition) is 0. The third-order valence-electron chi connectivity index (χ3n) is 3.42. The van der Waals surface area contributed by atoms with Crippen molar-refractivity contribution < 1.29 is 18.3 Å². The molecule has 108 valence electrons. The summed E-state index contributed by atoms with van der Waals surface area (Å²) in [5.41, 5.74) is 1.96. The van der Waals surface area contributed by atoms with Crippen LogP contribution in [0.25, 0.3) is 0 Å². The zero-order valence-electron chi connectivity index (χ0n) is 11.0. The molecule has 0 atom stereocenters. The fourth-order valence-corrected chi connectivity index (χ4v) is 2.97. The molecule has 0 saturated heterocycles. The highest BCUT2D eigenvalue weighted by Crippen LogP contribution is 2.33. The van der Waals surface area contributed by atoms with E-state index in [4.69, 9.17) is 4.74 Å². The van der Waals surface area contributed by atoms with E-state index in [2.05, 4.69) is 15.9 Å². The molecule has 1 heterocycles. The molecule has 2 aromatic carbocycles. The van der Waals surface area contributed by atoms with Crippen LogP contribution in [0.15, 0.2) is 34.8 Å². The van der Waals surface area contributed by atoms with Crippen LogP contribution in [0.2, 0.25) is 0 Å². The minimum atomic E-state index is -1.02. The van der Waals surface area contributed by atoms with E-state index in [0.29, 0.717) is 6.61 Å². The van der Waals surface area contributed by atoms with Gasteiger partial charge in [0.1, 0.15) is 5.75 Å². The van der Waals surface area contributed by atoms with E-state index >= 15 is 0 Å². The van der Waals surface area contributed by atoms with Gasteiger partial charge in [-0.05, 0) is 35.9 Å². The standard InChI is InChI=1S/C16H11BrF2O2/c17-12-5-10-3-4-21-16(10)11(6-12)8-15(20)9-1-2-13(18)14(19)7-9/h1-2,5-7H,3-4,8H2. The summed E-state index contributed by atoms with van der Waals surface area (Å²) in [5, 5.41) is 0. The molecule has 0 saturated carbocycles. The molecule has 0 amide bonds. The molecule has 0 bridgehead atoms. The van der Waals surface area contributed by atoms with Crippen molar-refractivity contribution in [3.05, 3.63) is 63.1 Å². The van der Waals surface area contributed by atoms with Crippen molar-refractivity contribution in [2.45, 2.75) is 12.8 Å². The first-order chi connectivity index (χ1) is 10.0. The molecular formula is C16H11BrF2O2. The van der Waals surface area contributed by atoms with Gasteiger partial charge >= 0.3 is 0 Å². The van der Waals surface area contributed by atoms with Crippen molar-refractivity contribution in [2.75, 3.05) is 6.61 Å².